The number of carbonyl (C=O) groups is 1. The summed E-state index contributed by atoms with van der Waals surface area (Å²) in [6.45, 7) is 0. The van der Waals surface area contributed by atoms with E-state index >= 15 is 0 Å². The highest BCUT2D eigenvalue weighted by Crippen LogP contribution is 2.30. The molecule has 2 aromatic rings. The van der Waals surface area contributed by atoms with Gasteiger partial charge in [-0.1, -0.05) is 0 Å². The molecule has 0 aliphatic heterocycles. The summed E-state index contributed by atoms with van der Waals surface area (Å²) in [5.74, 6) is 0. The zero-order valence-electron chi connectivity index (χ0n) is 10.6. The number of benzene rings is 1. The Hall–Kier alpha value is -2.63. The average Bonchev–Trinajstić information content (AvgIpc) is 2.90. The number of alkyl halides is 3. The van der Waals surface area contributed by atoms with Crippen LogP contribution in [0.3, 0.4) is 0 Å². The van der Waals surface area contributed by atoms with Crippen LogP contribution in [0.4, 0.5) is 23.7 Å². The molecule has 0 radical (unpaired) electrons. The highest BCUT2D eigenvalue weighted by molar-refractivity contribution is 7.92. The Bertz CT molecular complexity index is 756. The van der Waals surface area contributed by atoms with Crippen molar-refractivity contribution in [1.29, 1.82) is 0 Å². The predicted molar refractivity (Wildman–Crippen MR) is 68.1 cm³/mol. The predicted octanol–water partition coefficient (Wildman–Crippen LogP) is 1.35. The van der Waals surface area contributed by atoms with Crippen molar-refractivity contribution in [2.75, 3.05) is 10.7 Å². The third-order valence-corrected chi connectivity index (χ3v) is 3.88. The molecule has 0 unspecified atom stereocenters. The number of amides is 2. The van der Waals surface area contributed by atoms with Gasteiger partial charge in [-0.15, -0.1) is 10.2 Å². The van der Waals surface area contributed by atoms with Crippen LogP contribution < -0.4 is 10.7 Å². The van der Waals surface area contributed by atoms with Crippen molar-refractivity contribution in [3.8, 4) is 0 Å². The summed E-state index contributed by atoms with van der Waals surface area (Å²) in [6, 6.07) is 2.84. The van der Waals surface area contributed by atoms with Gasteiger partial charge in [0.25, 0.3) is 9.84 Å². The van der Waals surface area contributed by atoms with E-state index in [9.17, 15) is 26.4 Å². The second kappa shape index (κ2) is 5.63. The van der Waals surface area contributed by atoms with Gasteiger partial charge in [-0.3, -0.25) is 0 Å². The molecule has 12 heteroatoms. The van der Waals surface area contributed by atoms with Gasteiger partial charge >= 0.3 is 11.5 Å². The second-order valence-electron chi connectivity index (χ2n) is 3.91. The second-order valence-corrected chi connectivity index (χ2v) is 5.85. The quantitative estimate of drug-likeness (QED) is 0.880. The lowest BCUT2D eigenvalue weighted by Crippen LogP contribution is -2.27. The van der Waals surface area contributed by atoms with Crippen molar-refractivity contribution in [2.24, 2.45) is 0 Å². The first-order valence-electron chi connectivity index (χ1n) is 5.54. The maximum atomic E-state index is 12.4. The lowest BCUT2D eigenvalue weighted by atomic mass is 10.3. The molecule has 2 amide bonds. The van der Waals surface area contributed by atoms with Gasteiger partial charge in [0.15, 0.2) is 0 Å². The summed E-state index contributed by atoms with van der Waals surface area (Å²) in [6.07, 6.45) is 2.41. The molecule has 2 N–H and O–H groups in total. The topological polar surface area (TPSA) is 106 Å². The third-order valence-electron chi connectivity index (χ3n) is 2.38. The molecule has 0 fully saturated rings. The van der Waals surface area contributed by atoms with E-state index in [1.807, 2.05) is 0 Å². The molecule has 0 atom stereocenters. The Balaban J connectivity index is 2.08. The van der Waals surface area contributed by atoms with Crippen LogP contribution in [-0.2, 0) is 9.84 Å². The van der Waals surface area contributed by atoms with E-state index in [1.54, 1.807) is 0 Å². The highest BCUT2D eigenvalue weighted by atomic mass is 32.2. The number of hydrogen-bond acceptors (Lipinski definition) is 5. The number of nitrogens with one attached hydrogen (secondary N) is 2. The van der Waals surface area contributed by atoms with Crippen LogP contribution in [0.2, 0.25) is 0 Å². The van der Waals surface area contributed by atoms with Crippen LogP contribution in [0.25, 0.3) is 0 Å². The number of aromatic nitrogens is 3. The molecule has 0 saturated carbocycles. The maximum Gasteiger partial charge on any atom is 0.501 e. The molecule has 0 aliphatic carbocycles. The number of anilines is 1. The fraction of sp³-hybridized carbons (Fsp3) is 0.100. The van der Waals surface area contributed by atoms with Crippen molar-refractivity contribution in [2.45, 2.75) is 10.4 Å². The Labute approximate surface area is 121 Å². The molecule has 1 heterocycles. The van der Waals surface area contributed by atoms with Crippen molar-refractivity contribution in [3.63, 3.8) is 0 Å². The van der Waals surface area contributed by atoms with E-state index in [4.69, 9.17) is 0 Å². The van der Waals surface area contributed by atoms with E-state index in [1.165, 1.54) is 12.7 Å². The number of nitrogens with zero attached hydrogens (tertiary/aromatic N) is 3. The van der Waals surface area contributed by atoms with Crippen LogP contribution in [-0.4, -0.2) is 34.8 Å². The standard InChI is InChI=1S/C10H8F3N5O3S/c11-10(12,13)22(20,21)8-3-1-7(2-4-8)16-9(19)17-18-5-14-15-6-18/h1-6H,(H2,16,17,19). The largest absolute Gasteiger partial charge is 0.501 e. The van der Waals surface area contributed by atoms with Crippen LogP contribution in [0.15, 0.2) is 41.8 Å². The van der Waals surface area contributed by atoms with Crippen LogP contribution in [0.5, 0.6) is 0 Å². The number of carbonyl (C=O) groups excluding carboxylic acids is 1. The van der Waals surface area contributed by atoms with Gasteiger partial charge in [-0.05, 0) is 24.3 Å². The molecular formula is C10H8F3N5O3S. The van der Waals surface area contributed by atoms with Crippen molar-refractivity contribution < 1.29 is 26.4 Å². The summed E-state index contributed by atoms with van der Waals surface area (Å²) in [4.78, 5) is 10.6. The minimum Gasteiger partial charge on any atom is -0.307 e. The third kappa shape index (κ3) is 3.33. The van der Waals surface area contributed by atoms with Crippen LogP contribution >= 0.6 is 0 Å². The lowest BCUT2D eigenvalue weighted by molar-refractivity contribution is -0.0436. The Morgan fingerprint density at radius 2 is 1.64 bits per heavy atom. The maximum absolute atomic E-state index is 12.4. The summed E-state index contributed by atoms with van der Waals surface area (Å²) in [5.41, 5.74) is -2.99. The Morgan fingerprint density at radius 3 is 2.14 bits per heavy atom. The zero-order chi connectivity index (χ0) is 16.4. The summed E-state index contributed by atoms with van der Waals surface area (Å²) >= 11 is 0. The molecule has 0 saturated heterocycles. The molecular weight excluding hydrogens is 327 g/mol. The van der Waals surface area contributed by atoms with Gasteiger partial charge < -0.3 is 5.32 Å². The fourth-order valence-electron chi connectivity index (χ4n) is 1.39. The van der Waals surface area contributed by atoms with Gasteiger partial charge in [0.1, 0.15) is 12.7 Å². The number of rotatable bonds is 3. The fourth-order valence-corrected chi connectivity index (χ4v) is 2.15. The molecule has 8 nitrogen and oxygen atoms in total. The van der Waals surface area contributed by atoms with Crippen molar-refractivity contribution >= 4 is 21.6 Å². The Morgan fingerprint density at radius 1 is 1.09 bits per heavy atom. The number of sulfone groups is 1. The van der Waals surface area contributed by atoms with Gasteiger partial charge in [-0.25, -0.2) is 23.3 Å². The number of hydrogen-bond donors (Lipinski definition) is 2. The molecule has 2 rings (SSSR count). The average molecular weight is 335 g/mol. The lowest BCUT2D eigenvalue weighted by Gasteiger charge is -2.10. The van der Waals surface area contributed by atoms with E-state index in [0.717, 1.165) is 28.9 Å². The molecule has 0 aliphatic rings. The molecule has 118 valence electrons. The molecule has 1 aromatic carbocycles. The summed E-state index contributed by atoms with van der Waals surface area (Å²) < 4.78 is 60.5. The molecule has 1 aromatic heterocycles. The van der Waals surface area contributed by atoms with Crippen molar-refractivity contribution in [3.05, 3.63) is 36.9 Å². The minimum atomic E-state index is -5.41. The first-order chi connectivity index (χ1) is 10.2. The van der Waals surface area contributed by atoms with E-state index < -0.39 is 26.3 Å². The molecule has 0 spiro atoms. The van der Waals surface area contributed by atoms with Gasteiger partial charge in [0.05, 0.1) is 4.90 Å². The normalized spacial score (nSPS) is 12.0. The van der Waals surface area contributed by atoms with E-state index in [2.05, 4.69) is 20.9 Å². The van der Waals surface area contributed by atoms with Gasteiger partial charge in [0, 0.05) is 5.69 Å². The van der Waals surface area contributed by atoms with Gasteiger partial charge in [-0.2, -0.15) is 13.2 Å². The number of halogens is 3. The molecule has 22 heavy (non-hydrogen) atoms. The Kier molecular flexibility index (Phi) is 4.03. The van der Waals surface area contributed by atoms with E-state index in [0.29, 0.717) is 0 Å². The summed E-state index contributed by atoms with van der Waals surface area (Å²) in [5, 5.41) is 9.18. The smallest absolute Gasteiger partial charge is 0.307 e. The highest BCUT2D eigenvalue weighted by Gasteiger charge is 2.46. The SMILES string of the molecule is O=C(Nc1ccc(S(=O)(=O)C(F)(F)F)cc1)Nn1cnnc1. The first kappa shape index (κ1) is 15.8. The zero-order valence-corrected chi connectivity index (χ0v) is 11.4. The van der Waals surface area contributed by atoms with Crippen LogP contribution in [0, 0.1) is 0 Å². The first-order valence-corrected chi connectivity index (χ1v) is 7.02. The monoisotopic (exact) mass is 335 g/mol. The number of urea groups is 1. The summed E-state index contributed by atoms with van der Waals surface area (Å²) in [7, 11) is -5.41. The molecule has 0 bridgehead atoms. The van der Waals surface area contributed by atoms with Gasteiger partial charge in [0.2, 0.25) is 0 Å². The van der Waals surface area contributed by atoms with Crippen LogP contribution in [0.1, 0.15) is 0 Å². The van der Waals surface area contributed by atoms with Crippen molar-refractivity contribution in [1.82, 2.24) is 14.9 Å². The van der Waals surface area contributed by atoms with E-state index in [-0.39, 0.29) is 5.69 Å². The minimum absolute atomic E-state index is 0.103.